The molecular formula is C16H26N2O. The van der Waals surface area contributed by atoms with Crippen molar-refractivity contribution < 1.29 is 4.79 Å². The summed E-state index contributed by atoms with van der Waals surface area (Å²) in [6.07, 6.45) is 0.961. The molecule has 19 heavy (non-hydrogen) atoms. The van der Waals surface area contributed by atoms with Crippen molar-refractivity contribution in [3.63, 3.8) is 0 Å². The third-order valence-corrected chi connectivity index (χ3v) is 3.55. The van der Waals surface area contributed by atoms with Crippen molar-refractivity contribution in [3.05, 3.63) is 35.4 Å². The number of nitrogens with zero attached hydrogens (tertiary/aromatic N) is 1. The molecule has 0 fully saturated rings. The van der Waals surface area contributed by atoms with Crippen molar-refractivity contribution >= 4 is 5.91 Å². The first kappa shape index (κ1) is 15.7. The highest BCUT2D eigenvalue weighted by molar-refractivity contribution is 5.81. The lowest BCUT2D eigenvalue weighted by atomic mass is 10.1. The van der Waals surface area contributed by atoms with E-state index < -0.39 is 0 Å². The van der Waals surface area contributed by atoms with Crippen molar-refractivity contribution in [2.24, 2.45) is 0 Å². The second-order valence-corrected chi connectivity index (χ2v) is 4.86. The van der Waals surface area contributed by atoms with Gasteiger partial charge in [0, 0.05) is 13.1 Å². The van der Waals surface area contributed by atoms with Crippen LogP contribution in [-0.4, -0.2) is 36.5 Å². The van der Waals surface area contributed by atoms with Crippen molar-refractivity contribution in [2.75, 3.05) is 19.6 Å². The Kier molecular flexibility index (Phi) is 6.57. The Balaban J connectivity index is 2.41. The van der Waals surface area contributed by atoms with Gasteiger partial charge in [-0.15, -0.1) is 0 Å². The fourth-order valence-electron chi connectivity index (χ4n) is 2.21. The van der Waals surface area contributed by atoms with Crippen molar-refractivity contribution in [1.82, 2.24) is 10.2 Å². The van der Waals surface area contributed by atoms with Crippen molar-refractivity contribution in [2.45, 2.75) is 40.2 Å². The number of carbonyl (C=O) groups excluding carboxylic acids is 1. The zero-order valence-electron chi connectivity index (χ0n) is 12.6. The van der Waals surface area contributed by atoms with E-state index in [1.807, 2.05) is 25.7 Å². The molecule has 1 amide bonds. The van der Waals surface area contributed by atoms with Gasteiger partial charge in [0.15, 0.2) is 0 Å². The summed E-state index contributed by atoms with van der Waals surface area (Å²) in [6.45, 7) is 10.5. The van der Waals surface area contributed by atoms with Crippen molar-refractivity contribution in [1.29, 1.82) is 0 Å². The van der Waals surface area contributed by atoms with E-state index in [4.69, 9.17) is 0 Å². The van der Waals surface area contributed by atoms with Gasteiger partial charge in [-0.2, -0.15) is 0 Å². The number of likely N-dealkylation sites (N-methyl/N-ethyl adjacent to an activating group) is 1. The summed E-state index contributed by atoms with van der Waals surface area (Å²) in [5.41, 5.74) is 2.66. The van der Waals surface area contributed by atoms with E-state index in [0.717, 1.165) is 26.1 Å². The molecule has 0 spiro atoms. The molecule has 0 aliphatic heterocycles. The van der Waals surface area contributed by atoms with Gasteiger partial charge >= 0.3 is 0 Å². The zero-order chi connectivity index (χ0) is 14.3. The Labute approximate surface area is 117 Å². The summed E-state index contributed by atoms with van der Waals surface area (Å²) >= 11 is 0. The maximum Gasteiger partial charge on any atom is 0.239 e. The molecule has 0 aliphatic rings. The Morgan fingerprint density at radius 1 is 1.26 bits per heavy atom. The Hall–Kier alpha value is -1.35. The third-order valence-electron chi connectivity index (χ3n) is 3.55. The monoisotopic (exact) mass is 262 g/mol. The maximum absolute atomic E-state index is 12.1. The minimum atomic E-state index is -0.107. The molecule has 0 aliphatic carbocycles. The molecule has 3 nitrogen and oxygen atoms in total. The van der Waals surface area contributed by atoms with E-state index in [9.17, 15) is 4.79 Å². The van der Waals surface area contributed by atoms with Gasteiger partial charge in [-0.3, -0.25) is 4.79 Å². The number of aryl methyl sites for hydroxylation is 1. The van der Waals surface area contributed by atoms with Crippen LogP contribution in [0.4, 0.5) is 0 Å². The number of rotatable bonds is 7. The van der Waals surface area contributed by atoms with Crippen LogP contribution < -0.4 is 5.32 Å². The maximum atomic E-state index is 12.1. The van der Waals surface area contributed by atoms with Crippen LogP contribution in [0.2, 0.25) is 0 Å². The van der Waals surface area contributed by atoms with Crippen LogP contribution in [0.1, 0.15) is 31.9 Å². The van der Waals surface area contributed by atoms with Gasteiger partial charge in [-0.1, -0.05) is 24.3 Å². The summed E-state index contributed by atoms with van der Waals surface area (Å²) in [5.74, 6) is 0.190. The highest BCUT2D eigenvalue weighted by Gasteiger charge is 2.16. The highest BCUT2D eigenvalue weighted by Crippen LogP contribution is 2.07. The zero-order valence-corrected chi connectivity index (χ0v) is 12.6. The first-order chi connectivity index (χ1) is 9.10. The van der Waals surface area contributed by atoms with Crippen LogP contribution in [0, 0.1) is 6.92 Å². The fraction of sp³-hybridized carbons (Fsp3) is 0.562. The average molecular weight is 262 g/mol. The van der Waals surface area contributed by atoms with E-state index in [2.05, 4.69) is 36.5 Å². The van der Waals surface area contributed by atoms with E-state index in [0.29, 0.717) is 0 Å². The van der Waals surface area contributed by atoms with E-state index in [1.165, 1.54) is 11.1 Å². The van der Waals surface area contributed by atoms with E-state index in [1.54, 1.807) is 0 Å². The van der Waals surface area contributed by atoms with Crippen LogP contribution in [0.5, 0.6) is 0 Å². The molecule has 1 rings (SSSR count). The average Bonchev–Trinajstić information content (AvgIpc) is 2.42. The summed E-state index contributed by atoms with van der Waals surface area (Å²) in [6, 6.07) is 8.28. The number of benzene rings is 1. The second-order valence-electron chi connectivity index (χ2n) is 4.86. The summed E-state index contributed by atoms with van der Waals surface area (Å²) < 4.78 is 0. The van der Waals surface area contributed by atoms with Crippen LogP contribution in [0.3, 0.4) is 0 Å². The molecule has 0 radical (unpaired) electrons. The molecule has 0 saturated carbocycles. The van der Waals surface area contributed by atoms with Crippen LogP contribution >= 0.6 is 0 Å². The first-order valence-corrected chi connectivity index (χ1v) is 7.16. The lowest BCUT2D eigenvalue weighted by molar-refractivity contribution is -0.132. The molecule has 0 saturated heterocycles. The summed E-state index contributed by atoms with van der Waals surface area (Å²) in [5, 5.41) is 3.32. The lowest BCUT2D eigenvalue weighted by Crippen LogP contribution is -2.45. The molecule has 3 heteroatoms. The highest BCUT2D eigenvalue weighted by atomic mass is 16.2. The molecule has 0 aromatic heterocycles. The summed E-state index contributed by atoms with van der Waals surface area (Å²) in [7, 11) is 0. The van der Waals surface area contributed by atoms with Crippen LogP contribution in [0.25, 0.3) is 0 Å². The van der Waals surface area contributed by atoms with Crippen LogP contribution in [-0.2, 0) is 11.2 Å². The number of carbonyl (C=O) groups is 1. The van der Waals surface area contributed by atoms with Gasteiger partial charge in [0.25, 0.3) is 0 Å². The number of hydrogen-bond acceptors (Lipinski definition) is 2. The molecule has 1 atom stereocenters. The fourth-order valence-corrected chi connectivity index (χ4v) is 2.21. The van der Waals surface area contributed by atoms with Crippen LogP contribution in [0.15, 0.2) is 24.3 Å². The topological polar surface area (TPSA) is 32.3 Å². The second kappa shape index (κ2) is 7.95. The van der Waals surface area contributed by atoms with E-state index in [-0.39, 0.29) is 11.9 Å². The Morgan fingerprint density at radius 3 is 2.47 bits per heavy atom. The van der Waals surface area contributed by atoms with Gasteiger partial charge in [-0.25, -0.2) is 0 Å². The largest absolute Gasteiger partial charge is 0.342 e. The number of amides is 1. The normalized spacial score (nSPS) is 12.2. The minimum Gasteiger partial charge on any atom is -0.342 e. The number of hydrogen-bond donors (Lipinski definition) is 1. The predicted octanol–water partition coefficient (Wildman–Crippen LogP) is 2.38. The lowest BCUT2D eigenvalue weighted by Gasteiger charge is -2.23. The first-order valence-electron chi connectivity index (χ1n) is 7.16. The molecule has 1 N–H and O–H groups in total. The molecule has 1 unspecified atom stereocenters. The molecule has 106 valence electrons. The molecule has 1 aromatic rings. The van der Waals surface area contributed by atoms with Gasteiger partial charge in [-0.05, 0) is 51.8 Å². The van der Waals surface area contributed by atoms with E-state index >= 15 is 0 Å². The third kappa shape index (κ3) is 4.67. The molecular weight excluding hydrogens is 236 g/mol. The minimum absolute atomic E-state index is 0.107. The SMILES string of the molecule is CCN(CC)C(=O)C(C)NCCc1ccccc1C. The van der Waals surface area contributed by atoms with Gasteiger partial charge in [0.2, 0.25) is 5.91 Å². The van der Waals surface area contributed by atoms with Crippen molar-refractivity contribution in [3.8, 4) is 0 Å². The standard InChI is InChI=1S/C16H26N2O/c1-5-18(6-2)16(19)14(4)17-12-11-15-10-8-7-9-13(15)3/h7-10,14,17H,5-6,11-12H2,1-4H3. The van der Waals surface area contributed by atoms with Gasteiger partial charge in [0.1, 0.15) is 0 Å². The summed E-state index contributed by atoms with van der Waals surface area (Å²) in [4.78, 5) is 13.9. The molecule has 0 bridgehead atoms. The number of nitrogens with one attached hydrogen (secondary N) is 1. The quantitative estimate of drug-likeness (QED) is 0.818. The van der Waals surface area contributed by atoms with Gasteiger partial charge in [0.05, 0.1) is 6.04 Å². The molecule has 1 aromatic carbocycles. The smallest absolute Gasteiger partial charge is 0.239 e. The Bertz CT molecular complexity index is 399. The van der Waals surface area contributed by atoms with Gasteiger partial charge < -0.3 is 10.2 Å². The Morgan fingerprint density at radius 2 is 1.89 bits per heavy atom. The molecule has 0 heterocycles. The predicted molar refractivity (Wildman–Crippen MR) is 80.3 cm³/mol.